The molecule has 0 aliphatic carbocycles. The number of carboxylic acid groups (broad SMARTS) is 1. The van der Waals surface area contributed by atoms with Crippen molar-refractivity contribution in [2.45, 2.75) is 12.6 Å². The first kappa shape index (κ1) is 21.7. The van der Waals surface area contributed by atoms with E-state index in [1.54, 1.807) is 24.4 Å². The van der Waals surface area contributed by atoms with E-state index < -0.39 is 11.5 Å². The van der Waals surface area contributed by atoms with Gasteiger partial charge in [0.2, 0.25) is 0 Å². The van der Waals surface area contributed by atoms with Crippen molar-refractivity contribution in [1.82, 2.24) is 9.88 Å². The van der Waals surface area contributed by atoms with Crippen molar-refractivity contribution in [3.05, 3.63) is 68.1 Å². The molecule has 0 saturated carbocycles. The lowest BCUT2D eigenvalue weighted by Gasteiger charge is -2.26. The predicted molar refractivity (Wildman–Crippen MR) is 106 cm³/mol. The van der Waals surface area contributed by atoms with E-state index in [2.05, 4.69) is 5.32 Å². The van der Waals surface area contributed by atoms with Crippen molar-refractivity contribution < 1.29 is 14.6 Å². The van der Waals surface area contributed by atoms with Gasteiger partial charge in [-0.3, -0.25) is 4.79 Å². The highest BCUT2D eigenvalue weighted by Crippen LogP contribution is 2.32. The quantitative estimate of drug-likeness (QED) is 0.773. The molecule has 2 N–H and O–H groups in total. The third kappa shape index (κ3) is 5.03. The zero-order valence-corrected chi connectivity index (χ0v) is 16.6. The van der Waals surface area contributed by atoms with Crippen LogP contribution >= 0.6 is 35.6 Å². The lowest BCUT2D eigenvalue weighted by atomic mass is 9.95. The first-order valence-electron chi connectivity index (χ1n) is 8.17. The number of nitrogens with one attached hydrogen (secondary N) is 1. The second-order valence-corrected chi connectivity index (χ2v) is 6.93. The summed E-state index contributed by atoms with van der Waals surface area (Å²) in [4.78, 5) is 23.6. The fraction of sp³-hybridized carbons (Fsp3) is 0.333. The molecule has 0 spiro atoms. The predicted octanol–water partition coefficient (Wildman–Crippen LogP) is 3.25. The van der Waals surface area contributed by atoms with Crippen LogP contribution < -0.4 is 10.9 Å². The molecule has 2 aromatic rings. The zero-order chi connectivity index (χ0) is 18.7. The minimum Gasteiger partial charge on any atom is -0.477 e. The Morgan fingerprint density at radius 3 is 2.78 bits per heavy atom. The van der Waals surface area contributed by atoms with Crippen LogP contribution in [-0.2, 0) is 11.3 Å². The van der Waals surface area contributed by atoms with E-state index in [1.165, 1.54) is 10.6 Å². The second kappa shape index (κ2) is 9.57. The molecular weight excluding hydrogens is 415 g/mol. The van der Waals surface area contributed by atoms with Gasteiger partial charge in [-0.05, 0) is 29.8 Å². The maximum Gasteiger partial charge on any atom is 0.341 e. The summed E-state index contributed by atoms with van der Waals surface area (Å²) in [5.41, 5.74) is 0.0914. The van der Waals surface area contributed by atoms with Gasteiger partial charge >= 0.3 is 5.97 Å². The number of pyridine rings is 1. The van der Waals surface area contributed by atoms with Crippen LogP contribution in [0.15, 0.2) is 41.3 Å². The van der Waals surface area contributed by atoms with Crippen molar-refractivity contribution in [2.75, 3.05) is 19.7 Å². The Kier molecular flexibility index (Phi) is 7.70. The van der Waals surface area contributed by atoms with E-state index in [0.717, 1.165) is 5.56 Å². The van der Waals surface area contributed by atoms with Crippen LogP contribution in [0.1, 0.15) is 22.0 Å². The van der Waals surface area contributed by atoms with Crippen molar-refractivity contribution in [3.8, 4) is 0 Å². The molecule has 9 heteroatoms. The molecule has 0 radical (unpaired) electrons. The molecule has 1 aliphatic heterocycles. The number of rotatable bonds is 4. The lowest BCUT2D eigenvalue weighted by molar-refractivity contribution is 0.0250. The summed E-state index contributed by atoms with van der Waals surface area (Å²) < 4.78 is 7.40. The minimum atomic E-state index is -1.24. The van der Waals surface area contributed by atoms with Gasteiger partial charge in [-0.25, -0.2) is 4.79 Å². The molecule has 1 aromatic heterocycles. The fourth-order valence-electron chi connectivity index (χ4n) is 3.10. The van der Waals surface area contributed by atoms with Crippen LogP contribution in [0.2, 0.25) is 10.0 Å². The Balaban J connectivity index is 0.00000261. The molecule has 27 heavy (non-hydrogen) atoms. The van der Waals surface area contributed by atoms with E-state index in [4.69, 9.17) is 33.0 Å². The van der Waals surface area contributed by atoms with E-state index in [-0.39, 0.29) is 30.0 Å². The van der Waals surface area contributed by atoms with E-state index in [0.29, 0.717) is 36.3 Å². The largest absolute Gasteiger partial charge is 0.477 e. The molecule has 1 aromatic carbocycles. The molecule has 2 atom stereocenters. The summed E-state index contributed by atoms with van der Waals surface area (Å²) >= 11 is 12.1. The zero-order valence-electron chi connectivity index (χ0n) is 14.2. The Morgan fingerprint density at radius 1 is 1.30 bits per heavy atom. The first-order valence-corrected chi connectivity index (χ1v) is 8.93. The number of aromatic nitrogens is 1. The molecule has 0 unspecified atom stereocenters. The fourth-order valence-corrected chi connectivity index (χ4v) is 3.41. The number of carbonyl (C=O) groups is 1. The van der Waals surface area contributed by atoms with Gasteiger partial charge in [0.15, 0.2) is 0 Å². The van der Waals surface area contributed by atoms with Crippen molar-refractivity contribution >= 4 is 41.6 Å². The van der Waals surface area contributed by atoms with Crippen LogP contribution in [0, 0.1) is 5.92 Å². The number of ether oxygens (including phenoxy) is 1. The molecule has 1 saturated heterocycles. The smallest absolute Gasteiger partial charge is 0.341 e. The van der Waals surface area contributed by atoms with Gasteiger partial charge in [0.05, 0.1) is 22.8 Å². The number of hydrogen-bond acceptors (Lipinski definition) is 4. The van der Waals surface area contributed by atoms with Crippen molar-refractivity contribution in [2.24, 2.45) is 5.92 Å². The van der Waals surface area contributed by atoms with Gasteiger partial charge in [-0.15, -0.1) is 12.4 Å². The summed E-state index contributed by atoms with van der Waals surface area (Å²) in [5, 5.41) is 13.3. The van der Waals surface area contributed by atoms with Gasteiger partial charge in [-0.1, -0.05) is 29.3 Å². The number of aromatic carboxylic acids is 1. The second-order valence-electron chi connectivity index (χ2n) is 6.11. The van der Waals surface area contributed by atoms with Gasteiger partial charge in [0.1, 0.15) is 5.56 Å². The molecule has 3 rings (SSSR count). The molecule has 6 nitrogen and oxygen atoms in total. The van der Waals surface area contributed by atoms with Gasteiger partial charge in [-0.2, -0.15) is 0 Å². The molecule has 0 bridgehead atoms. The van der Waals surface area contributed by atoms with Crippen LogP contribution in [0.5, 0.6) is 0 Å². The summed E-state index contributed by atoms with van der Waals surface area (Å²) in [6, 6.07) is 8.20. The molecule has 1 fully saturated rings. The Morgan fingerprint density at radius 2 is 2.07 bits per heavy atom. The Bertz CT molecular complexity index is 872. The van der Waals surface area contributed by atoms with Crippen molar-refractivity contribution in [3.63, 3.8) is 0 Å². The highest BCUT2D eigenvalue weighted by molar-refractivity contribution is 6.42. The third-order valence-corrected chi connectivity index (χ3v) is 5.10. The van der Waals surface area contributed by atoms with Gasteiger partial charge in [0, 0.05) is 31.7 Å². The van der Waals surface area contributed by atoms with Crippen LogP contribution in [-0.4, -0.2) is 35.3 Å². The number of halogens is 3. The van der Waals surface area contributed by atoms with E-state index >= 15 is 0 Å². The molecule has 1 aliphatic rings. The van der Waals surface area contributed by atoms with Crippen LogP contribution in [0.4, 0.5) is 0 Å². The Labute approximate surface area is 172 Å². The molecule has 2 heterocycles. The van der Waals surface area contributed by atoms with E-state index in [1.807, 2.05) is 6.07 Å². The lowest BCUT2D eigenvalue weighted by Crippen LogP contribution is -2.33. The molecular formula is C18H19Cl3N2O4. The Hall–Kier alpha value is -1.57. The van der Waals surface area contributed by atoms with Crippen molar-refractivity contribution in [1.29, 1.82) is 0 Å². The number of hydrogen-bond donors (Lipinski definition) is 2. The summed E-state index contributed by atoms with van der Waals surface area (Å²) in [6.07, 6.45) is 1.30. The number of carboxylic acids is 1. The molecule has 0 amide bonds. The average molecular weight is 434 g/mol. The van der Waals surface area contributed by atoms with Gasteiger partial charge in [0.25, 0.3) is 5.56 Å². The monoisotopic (exact) mass is 432 g/mol. The minimum absolute atomic E-state index is 0. The maximum absolute atomic E-state index is 12.4. The average Bonchev–Trinajstić information content (AvgIpc) is 2.84. The maximum atomic E-state index is 12.4. The van der Waals surface area contributed by atoms with Crippen LogP contribution in [0.25, 0.3) is 0 Å². The van der Waals surface area contributed by atoms with Crippen LogP contribution in [0.3, 0.4) is 0 Å². The number of benzene rings is 1. The first-order chi connectivity index (χ1) is 12.5. The highest BCUT2D eigenvalue weighted by Gasteiger charge is 2.27. The summed E-state index contributed by atoms with van der Waals surface area (Å²) in [6.45, 7) is 2.15. The standard InChI is InChI=1S/C18H18Cl2N2O4.ClH/c19-14-4-3-11(8-15(14)20)16-12(9-21-5-7-26-16)10-22-6-1-2-13(17(22)23)18(24)25;/h1-4,6,8,12,16,21H,5,7,9-10H2,(H,24,25);1H/t12-,16-;/m0./s1. The van der Waals surface area contributed by atoms with E-state index in [9.17, 15) is 9.59 Å². The number of nitrogens with zero attached hydrogens (tertiary/aromatic N) is 1. The third-order valence-electron chi connectivity index (χ3n) is 4.36. The highest BCUT2D eigenvalue weighted by atomic mass is 35.5. The van der Waals surface area contributed by atoms with Gasteiger partial charge < -0.3 is 19.7 Å². The topological polar surface area (TPSA) is 80.6 Å². The summed E-state index contributed by atoms with van der Waals surface area (Å²) in [7, 11) is 0. The normalized spacial score (nSPS) is 19.8. The SMILES string of the molecule is Cl.O=C(O)c1cccn(C[C@@H]2CNCCO[C@H]2c2ccc(Cl)c(Cl)c2)c1=O. The molecule has 146 valence electrons. The summed E-state index contributed by atoms with van der Waals surface area (Å²) in [5.74, 6) is -1.32.